The quantitative estimate of drug-likeness (QED) is 0.778. The maximum Gasteiger partial charge on any atom is 0.155 e. The zero-order valence-electron chi connectivity index (χ0n) is 13.4. The van der Waals surface area contributed by atoms with Gasteiger partial charge in [0, 0.05) is 44.3 Å². The van der Waals surface area contributed by atoms with Gasteiger partial charge in [0.05, 0.1) is 0 Å². The van der Waals surface area contributed by atoms with Gasteiger partial charge in [0.15, 0.2) is 5.82 Å². The van der Waals surface area contributed by atoms with Crippen molar-refractivity contribution in [2.75, 3.05) is 24.3 Å². The van der Waals surface area contributed by atoms with E-state index in [0.29, 0.717) is 0 Å². The number of nitrogens with one attached hydrogen (secondary N) is 1. The maximum atomic E-state index is 4.54. The molecule has 2 aromatic carbocycles. The lowest BCUT2D eigenvalue weighted by atomic mass is 10.1. The molecule has 0 aliphatic heterocycles. The van der Waals surface area contributed by atoms with Crippen molar-refractivity contribution < 1.29 is 0 Å². The van der Waals surface area contributed by atoms with E-state index in [2.05, 4.69) is 56.6 Å². The second-order valence-corrected chi connectivity index (χ2v) is 5.40. The van der Waals surface area contributed by atoms with Crippen molar-refractivity contribution in [1.82, 2.24) is 9.97 Å². The summed E-state index contributed by atoms with van der Waals surface area (Å²) in [5.74, 6) is 0.883. The van der Waals surface area contributed by atoms with Crippen molar-refractivity contribution >= 4 is 11.5 Å². The maximum absolute atomic E-state index is 4.54. The third kappa shape index (κ3) is 3.48. The zero-order valence-corrected chi connectivity index (χ0v) is 13.4. The highest BCUT2D eigenvalue weighted by molar-refractivity contribution is 5.73. The molecule has 3 rings (SSSR count). The summed E-state index contributed by atoms with van der Waals surface area (Å²) in [6.45, 7) is 0.793. The molecular weight excluding hydrogens is 284 g/mol. The molecule has 4 heteroatoms. The van der Waals surface area contributed by atoms with Gasteiger partial charge in [0.2, 0.25) is 0 Å². The minimum Gasteiger partial charge on any atom is -0.388 e. The van der Waals surface area contributed by atoms with Gasteiger partial charge in [-0.1, -0.05) is 42.5 Å². The van der Waals surface area contributed by atoms with Crippen LogP contribution in [0.1, 0.15) is 5.56 Å². The van der Waals surface area contributed by atoms with Gasteiger partial charge in [-0.15, -0.1) is 0 Å². The molecule has 1 N–H and O–H groups in total. The molecule has 0 atom stereocenters. The van der Waals surface area contributed by atoms with Crippen LogP contribution in [0.5, 0.6) is 0 Å². The van der Waals surface area contributed by atoms with Crippen LogP contribution < -0.4 is 10.2 Å². The number of rotatable bonds is 5. The Morgan fingerprint density at radius 1 is 0.913 bits per heavy atom. The van der Waals surface area contributed by atoms with Crippen LogP contribution >= 0.6 is 0 Å². The first-order valence-corrected chi connectivity index (χ1v) is 7.62. The van der Waals surface area contributed by atoms with Gasteiger partial charge < -0.3 is 10.2 Å². The molecule has 0 saturated heterocycles. The first kappa shape index (κ1) is 15.0. The number of benzene rings is 2. The van der Waals surface area contributed by atoms with E-state index < -0.39 is 0 Å². The van der Waals surface area contributed by atoms with Crippen LogP contribution in [0.25, 0.3) is 11.3 Å². The summed E-state index contributed by atoms with van der Waals surface area (Å²) >= 11 is 0. The van der Waals surface area contributed by atoms with E-state index in [0.717, 1.165) is 29.3 Å². The highest BCUT2D eigenvalue weighted by Crippen LogP contribution is 2.27. The predicted octanol–water partition coefficient (Wildman–Crippen LogP) is 3.82. The van der Waals surface area contributed by atoms with E-state index in [-0.39, 0.29) is 0 Å². The van der Waals surface area contributed by atoms with Gasteiger partial charge in [0.1, 0.15) is 5.69 Å². The van der Waals surface area contributed by atoms with E-state index in [1.165, 1.54) is 5.56 Å². The SMILES string of the molecule is CNc1ccc(-c2nccnc2N(C)Cc2ccccc2)cc1. The summed E-state index contributed by atoms with van der Waals surface area (Å²) < 4.78 is 0. The molecule has 4 nitrogen and oxygen atoms in total. The standard InChI is InChI=1S/C19H20N4/c1-20-17-10-8-16(9-11-17)18-19(22-13-12-21-18)23(2)14-15-6-4-3-5-7-15/h3-13,20H,14H2,1-2H3. The Balaban J connectivity index is 1.90. The highest BCUT2D eigenvalue weighted by atomic mass is 15.2. The molecule has 0 saturated carbocycles. The van der Waals surface area contributed by atoms with Crippen molar-refractivity contribution in [2.24, 2.45) is 0 Å². The van der Waals surface area contributed by atoms with Gasteiger partial charge >= 0.3 is 0 Å². The van der Waals surface area contributed by atoms with Crippen molar-refractivity contribution in [2.45, 2.75) is 6.54 Å². The monoisotopic (exact) mass is 304 g/mol. The fourth-order valence-electron chi connectivity index (χ4n) is 2.54. The van der Waals surface area contributed by atoms with Crippen LogP contribution in [0, 0.1) is 0 Å². The fraction of sp³-hybridized carbons (Fsp3) is 0.158. The molecule has 0 aliphatic carbocycles. The molecule has 0 bridgehead atoms. The Hall–Kier alpha value is -2.88. The topological polar surface area (TPSA) is 41.1 Å². The van der Waals surface area contributed by atoms with Gasteiger partial charge in [-0.2, -0.15) is 0 Å². The highest BCUT2D eigenvalue weighted by Gasteiger charge is 2.12. The number of hydrogen-bond donors (Lipinski definition) is 1. The summed E-state index contributed by atoms with van der Waals surface area (Å²) in [5.41, 5.74) is 4.29. The number of aromatic nitrogens is 2. The molecular formula is C19H20N4. The molecule has 0 fully saturated rings. The Kier molecular flexibility index (Phi) is 4.52. The van der Waals surface area contributed by atoms with E-state index in [4.69, 9.17) is 0 Å². The van der Waals surface area contributed by atoms with Gasteiger partial charge in [-0.25, -0.2) is 4.98 Å². The summed E-state index contributed by atoms with van der Waals surface area (Å²) in [4.78, 5) is 11.2. The number of nitrogens with zero attached hydrogens (tertiary/aromatic N) is 3. The second-order valence-electron chi connectivity index (χ2n) is 5.40. The normalized spacial score (nSPS) is 10.3. The fourth-order valence-corrected chi connectivity index (χ4v) is 2.54. The second kappa shape index (κ2) is 6.92. The lowest BCUT2D eigenvalue weighted by molar-refractivity contribution is 0.892. The Bertz CT molecular complexity index is 754. The molecule has 0 amide bonds. The van der Waals surface area contributed by atoms with Gasteiger partial charge in [0.25, 0.3) is 0 Å². The Labute approximate surface area is 136 Å². The zero-order chi connectivity index (χ0) is 16.1. The molecule has 0 radical (unpaired) electrons. The van der Waals surface area contributed by atoms with Crippen molar-refractivity contribution in [3.8, 4) is 11.3 Å². The smallest absolute Gasteiger partial charge is 0.155 e. The Morgan fingerprint density at radius 3 is 2.30 bits per heavy atom. The average Bonchev–Trinajstić information content (AvgIpc) is 2.62. The summed E-state index contributed by atoms with van der Waals surface area (Å²) in [6, 6.07) is 18.6. The van der Waals surface area contributed by atoms with E-state index in [1.54, 1.807) is 12.4 Å². The number of hydrogen-bond acceptors (Lipinski definition) is 4. The largest absolute Gasteiger partial charge is 0.388 e. The predicted molar refractivity (Wildman–Crippen MR) is 95.6 cm³/mol. The minimum absolute atomic E-state index is 0.793. The van der Waals surface area contributed by atoms with Crippen LogP contribution in [0.15, 0.2) is 67.0 Å². The summed E-state index contributed by atoms with van der Waals surface area (Å²) in [7, 11) is 3.96. The average molecular weight is 304 g/mol. The first-order chi connectivity index (χ1) is 11.3. The molecule has 23 heavy (non-hydrogen) atoms. The lowest BCUT2D eigenvalue weighted by Gasteiger charge is -2.20. The lowest BCUT2D eigenvalue weighted by Crippen LogP contribution is -2.19. The molecule has 3 aromatic rings. The van der Waals surface area contributed by atoms with Crippen molar-refractivity contribution in [1.29, 1.82) is 0 Å². The molecule has 1 heterocycles. The van der Waals surface area contributed by atoms with E-state index in [9.17, 15) is 0 Å². The van der Waals surface area contributed by atoms with Gasteiger partial charge in [-0.3, -0.25) is 4.98 Å². The molecule has 1 aromatic heterocycles. The van der Waals surface area contributed by atoms with Crippen LogP contribution in [-0.2, 0) is 6.54 Å². The third-order valence-corrected chi connectivity index (χ3v) is 3.75. The van der Waals surface area contributed by atoms with Crippen molar-refractivity contribution in [3.05, 3.63) is 72.6 Å². The molecule has 0 spiro atoms. The molecule has 0 aliphatic rings. The van der Waals surface area contributed by atoms with E-state index in [1.807, 2.05) is 32.3 Å². The Morgan fingerprint density at radius 2 is 1.61 bits per heavy atom. The molecule has 116 valence electrons. The third-order valence-electron chi connectivity index (χ3n) is 3.75. The molecule has 0 unspecified atom stereocenters. The van der Waals surface area contributed by atoms with Crippen LogP contribution in [0.4, 0.5) is 11.5 Å². The first-order valence-electron chi connectivity index (χ1n) is 7.62. The van der Waals surface area contributed by atoms with Crippen LogP contribution in [-0.4, -0.2) is 24.1 Å². The van der Waals surface area contributed by atoms with Crippen molar-refractivity contribution in [3.63, 3.8) is 0 Å². The van der Waals surface area contributed by atoms with Crippen LogP contribution in [0.2, 0.25) is 0 Å². The summed E-state index contributed by atoms with van der Waals surface area (Å²) in [5, 5.41) is 3.13. The van der Waals surface area contributed by atoms with Gasteiger partial charge in [-0.05, 0) is 17.7 Å². The minimum atomic E-state index is 0.793. The van der Waals surface area contributed by atoms with Crippen LogP contribution in [0.3, 0.4) is 0 Å². The summed E-state index contributed by atoms with van der Waals surface area (Å²) in [6.07, 6.45) is 3.48. The van der Waals surface area contributed by atoms with E-state index >= 15 is 0 Å². The number of anilines is 2.